The van der Waals surface area contributed by atoms with E-state index < -0.39 is 22.8 Å². The molecule has 0 aliphatic heterocycles. The van der Waals surface area contributed by atoms with Crippen LogP contribution in [0.15, 0.2) is 42.5 Å². The Morgan fingerprint density at radius 3 is 2.21 bits per heavy atom. The Morgan fingerprint density at radius 1 is 1.00 bits per heavy atom. The predicted octanol–water partition coefficient (Wildman–Crippen LogP) is 5.21. The fourth-order valence-corrected chi connectivity index (χ4v) is 2.15. The molecule has 2 N–H and O–H groups in total. The van der Waals surface area contributed by atoms with Gasteiger partial charge in [-0.3, -0.25) is 4.79 Å². The molecule has 0 saturated carbocycles. The average Bonchev–Trinajstić information content (AvgIpc) is 2.48. The number of rotatable bonds is 3. The third-order valence-electron chi connectivity index (χ3n) is 3.06. The Kier molecular flexibility index (Phi) is 5.14. The van der Waals surface area contributed by atoms with Gasteiger partial charge < -0.3 is 10.6 Å². The van der Waals surface area contributed by atoms with Crippen LogP contribution in [0, 0.1) is 0 Å². The number of carbonyl (C=O) groups excluding carboxylic acids is 2. The van der Waals surface area contributed by atoms with E-state index in [1.807, 2.05) is 0 Å². The van der Waals surface area contributed by atoms with Crippen molar-refractivity contribution in [3.05, 3.63) is 58.6 Å². The van der Waals surface area contributed by atoms with E-state index >= 15 is 0 Å². The Bertz CT molecular complexity index is 791. The van der Waals surface area contributed by atoms with Crippen LogP contribution in [0.1, 0.15) is 22.8 Å². The third kappa shape index (κ3) is 4.48. The second-order valence-electron chi connectivity index (χ2n) is 4.91. The van der Waals surface area contributed by atoms with Crippen molar-refractivity contribution in [3.8, 4) is 0 Å². The molecule has 0 aromatic heterocycles. The van der Waals surface area contributed by atoms with Crippen molar-refractivity contribution in [2.24, 2.45) is 0 Å². The number of benzene rings is 2. The lowest BCUT2D eigenvalue weighted by atomic mass is 10.1. The number of alkyl halides is 3. The average molecular weight is 357 g/mol. The Balaban J connectivity index is 2.13. The first kappa shape index (κ1) is 17.8. The van der Waals surface area contributed by atoms with Crippen LogP contribution in [-0.4, -0.2) is 11.8 Å². The standard InChI is InChI=1S/C16H12ClF3N2O2/c1-9(23)10-3-2-4-11(7-10)21-15(24)22-12-5-6-14(17)13(8-12)16(18,19)20/h2-8H,1H3,(H2,21,22,24). The van der Waals surface area contributed by atoms with E-state index in [0.29, 0.717) is 11.3 Å². The van der Waals surface area contributed by atoms with E-state index in [-0.39, 0.29) is 11.5 Å². The minimum atomic E-state index is -4.62. The van der Waals surface area contributed by atoms with Gasteiger partial charge >= 0.3 is 12.2 Å². The highest BCUT2D eigenvalue weighted by molar-refractivity contribution is 6.31. The summed E-state index contributed by atoms with van der Waals surface area (Å²) in [4.78, 5) is 23.2. The molecule has 0 radical (unpaired) electrons. The van der Waals surface area contributed by atoms with Gasteiger partial charge in [-0.2, -0.15) is 13.2 Å². The SMILES string of the molecule is CC(=O)c1cccc(NC(=O)Nc2ccc(Cl)c(C(F)(F)F)c2)c1. The van der Waals surface area contributed by atoms with E-state index in [4.69, 9.17) is 11.6 Å². The molecule has 0 spiro atoms. The zero-order chi connectivity index (χ0) is 17.9. The molecule has 24 heavy (non-hydrogen) atoms. The molecule has 2 aromatic rings. The van der Waals surface area contributed by atoms with Crippen molar-refractivity contribution in [3.63, 3.8) is 0 Å². The highest BCUT2D eigenvalue weighted by Gasteiger charge is 2.33. The number of hydrogen-bond acceptors (Lipinski definition) is 2. The monoisotopic (exact) mass is 356 g/mol. The van der Waals surface area contributed by atoms with Crippen LogP contribution in [0.4, 0.5) is 29.3 Å². The van der Waals surface area contributed by atoms with Gasteiger partial charge in [-0.05, 0) is 37.3 Å². The summed E-state index contributed by atoms with van der Waals surface area (Å²) >= 11 is 5.51. The fraction of sp³-hybridized carbons (Fsp3) is 0.125. The normalized spacial score (nSPS) is 11.0. The molecular formula is C16H12ClF3N2O2. The maximum absolute atomic E-state index is 12.8. The molecule has 0 bridgehead atoms. The van der Waals surface area contributed by atoms with Crippen molar-refractivity contribution < 1.29 is 22.8 Å². The topological polar surface area (TPSA) is 58.2 Å². The quantitative estimate of drug-likeness (QED) is 0.742. The van der Waals surface area contributed by atoms with Crippen LogP contribution in [0.2, 0.25) is 5.02 Å². The molecule has 0 aliphatic carbocycles. The molecule has 126 valence electrons. The van der Waals surface area contributed by atoms with Gasteiger partial charge in [-0.25, -0.2) is 4.79 Å². The molecule has 2 rings (SSSR count). The van der Waals surface area contributed by atoms with Crippen molar-refractivity contribution in [2.45, 2.75) is 13.1 Å². The first-order valence-electron chi connectivity index (χ1n) is 6.72. The first-order valence-corrected chi connectivity index (χ1v) is 7.10. The number of ketones is 1. The Hall–Kier alpha value is -2.54. The third-order valence-corrected chi connectivity index (χ3v) is 3.39. The van der Waals surface area contributed by atoms with Gasteiger partial charge in [0.15, 0.2) is 5.78 Å². The molecule has 0 unspecified atom stereocenters. The summed E-state index contributed by atoms with van der Waals surface area (Å²) in [5.74, 6) is -0.174. The minimum Gasteiger partial charge on any atom is -0.308 e. The Morgan fingerprint density at radius 2 is 1.62 bits per heavy atom. The number of carbonyl (C=O) groups is 2. The maximum Gasteiger partial charge on any atom is 0.417 e. The predicted molar refractivity (Wildman–Crippen MR) is 85.5 cm³/mol. The molecule has 8 heteroatoms. The highest BCUT2D eigenvalue weighted by atomic mass is 35.5. The Labute approximate surface area is 140 Å². The van der Waals surface area contributed by atoms with Gasteiger partial charge in [-0.1, -0.05) is 23.7 Å². The number of halogens is 4. The van der Waals surface area contributed by atoms with Crippen molar-refractivity contribution in [1.29, 1.82) is 0 Å². The lowest BCUT2D eigenvalue weighted by molar-refractivity contribution is -0.137. The zero-order valence-electron chi connectivity index (χ0n) is 12.4. The summed E-state index contributed by atoms with van der Waals surface area (Å²) in [5, 5.41) is 4.27. The molecule has 0 heterocycles. The summed E-state index contributed by atoms with van der Waals surface area (Å²) in [5.41, 5.74) is -0.364. The van der Waals surface area contributed by atoms with E-state index in [1.165, 1.54) is 19.1 Å². The molecule has 2 aromatic carbocycles. The molecule has 2 amide bonds. The van der Waals surface area contributed by atoms with E-state index in [9.17, 15) is 22.8 Å². The van der Waals surface area contributed by atoms with Crippen molar-refractivity contribution in [2.75, 3.05) is 10.6 Å². The van der Waals surface area contributed by atoms with Gasteiger partial charge in [0.2, 0.25) is 0 Å². The van der Waals surface area contributed by atoms with Crippen LogP contribution in [-0.2, 0) is 6.18 Å². The van der Waals surface area contributed by atoms with Crippen molar-refractivity contribution in [1.82, 2.24) is 0 Å². The van der Waals surface area contributed by atoms with Crippen LogP contribution >= 0.6 is 11.6 Å². The summed E-state index contributed by atoms with van der Waals surface area (Å²) in [7, 11) is 0. The van der Waals surface area contributed by atoms with Crippen molar-refractivity contribution >= 4 is 34.8 Å². The smallest absolute Gasteiger partial charge is 0.308 e. The minimum absolute atomic E-state index is 0.0630. The number of Topliss-reactive ketones (excluding diaryl/α,β-unsaturated/α-hetero) is 1. The molecule has 0 aliphatic rings. The molecule has 4 nitrogen and oxygen atoms in total. The molecule has 0 saturated heterocycles. The number of hydrogen-bond donors (Lipinski definition) is 2. The highest BCUT2D eigenvalue weighted by Crippen LogP contribution is 2.36. The number of nitrogens with one attached hydrogen (secondary N) is 2. The second kappa shape index (κ2) is 6.92. The van der Waals surface area contributed by atoms with Crippen LogP contribution in [0.5, 0.6) is 0 Å². The maximum atomic E-state index is 12.8. The number of urea groups is 1. The zero-order valence-corrected chi connectivity index (χ0v) is 13.1. The van der Waals surface area contributed by atoms with Gasteiger partial charge in [-0.15, -0.1) is 0 Å². The van der Waals surface area contributed by atoms with Crippen LogP contribution < -0.4 is 10.6 Å². The van der Waals surface area contributed by atoms with Gasteiger partial charge in [0.25, 0.3) is 0 Å². The lowest BCUT2D eigenvalue weighted by Crippen LogP contribution is -2.20. The van der Waals surface area contributed by atoms with Gasteiger partial charge in [0, 0.05) is 16.9 Å². The number of amides is 2. The van der Waals surface area contributed by atoms with Crippen LogP contribution in [0.25, 0.3) is 0 Å². The molecule has 0 fully saturated rings. The van der Waals surface area contributed by atoms with Gasteiger partial charge in [0.1, 0.15) is 0 Å². The molecule has 0 atom stereocenters. The lowest BCUT2D eigenvalue weighted by Gasteiger charge is -2.12. The van der Waals surface area contributed by atoms with E-state index in [1.54, 1.807) is 18.2 Å². The summed E-state index contributed by atoms with van der Waals surface area (Å²) in [6, 6.07) is 8.48. The van der Waals surface area contributed by atoms with Crippen LogP contribution in [0.3, 0.4) is 0 Å². The number of anilines is 2. The molecular weight excluding hydrogens is 345 g/mol. The largest absolute Gasteiger partial charge is 0.417 e. The second-order valence-corrected chi connectivity index (χ2v) is 5.32. The summed E-state index contributed by atoms with van der Waals surface area (Å²) in [6.07, 6.45) is -4.62. The van der Waals surface area contributed by atoms with Gasteiger partial charge in [0.05, 0.1) is 10.6 Å². The van der Waals surface area contributed by atoms with E-state index in [0.717, 1.165) is 12.1 Å². The fourth-order valence-electron chi connectivity index (χ4n) is 1.93. The van der Waals surface area contributed by atoms with E-state index in [2.05, 4.69) is 10.6 Å². The summed E-state index contributed by atoms with van der Waals surface area (Å²) < 4.78 is 38.4. The summed E-state index contributed by atoms with van der Waals surface area (Å²) in [6.45, 7) is 1.38. The first-order chi connectivity index (χ1) is 11.2.